The van der Waals surface area contributed by atoms with Crippen LogP contribution in [0.15, 0.2) is 18.3 Å². The van der Waals surface area contributed by atoms with Gasteiger partial charge in [-0.05, 0) is 31.9 Å². The van der Waals surface area contributed by atoms with Crippen LogP contribution >= 0.6 is 11.6 Å². The van der Waals surface area contributed by atoms with E-state index in [0.717, 1.165) is 25.9 Å². The third-order valence-corrected chi connectivity index (χ3v) is 8.24. The van der Waals surface area contributed by atoms with E-state index in [0.29, 0.717) is 62.4 Å². The molecule has 2 atom stereocenters. The fourth-order valence-corrected chi connectivity index (χ4v) is 5.78. The van der Waals surface area contributed by atoms with Crippen molar-refractivity contribution in [1.29, 1.82) is 0 Å². The summed E-state index contributed by atoms with van der Waals surface area (Å²) in [5, 5.41) is 18.2. The molecule has 3 aromatic heterocycles. The molecule has 0 bridgehead atoms. The molecule has 1 spiro atoms. The van der Waals surface area contributed by atoms with E-state index in [1.54, 1.807) is 6.20 Å². The summed E-state index contributed by atoms with van der Waals surface area (Å²) in [6, 6.07) is 3.76. The number of nitrogens with one attached hydrogen (secondary N) is 1. The van der Waals surface area contributed by atoms with E-state index in [2.05, 4.69) is 25.1 Å². The maximum absolute atomic E-state index is 10.2. The first-order valence-corrected chi connectivity index (χ1v) is 12.8. The number of piperidine rings is 1. The number of hydrogen-bond donors (Lipinski definition) is 3. The quantitative estimate of drug-likeness (QED) is 0.365. The van der Waals surface area contributed by atoms with Crippen molar-refractivity contribution in [2.75, 3.05) is 43.6 Å². The van der Waals surface area contributed by atoms with Gasteiger partial charge in [0.1, 0.15) is 22.5 Å². The largest absolute Gasteiger partial charge is 0.390 e. The van der Waals surface area contributed by atoms with Crippen molar-refractivity contribution in [2.45, 2.75) is 38.5 Å². The van der Waals surface area contributed by atoms with Crippen molar-refractivity contribution in [2.24, 2.45) is 11.1 Å². The summed E-state index contributed by atoms with van der Waals surface area (Å²) < 4.78 is 5.85. The van der Waals surface area contributed by atoms with Crippen LogP contribution in [0.3, 0.4) is 0 Å². The summed E-state index contributed by atoms with van der Waals surface area (Å²) in [6.45, 7) is 4.01. The Balaban J connectivity index is 1.36. The smallest absolute Gasteiger partial charge is 0.202 e. The second-order valence-corrected chi connectivity index (χ2v) is 10.6. The van der Waals surface area contributed by atoms with Crippen LogP contribution in [0, 0.1) is 5.41 Å². The third-order valence-electron chi connectivity index (χ3n) is 7.86. The number of halogens is 1. The third kappa shape index (κ3) is 3.88. The summed E-state index contributed by atoms with van der Waals surface area (Å²) in [5.41, 5.74) is 10.6. The number of aliphatic hydroxyl groups is 1. The van der Waals surface area contributed by atoms with Crippen LogP contribution in [0.5, 0.6) is 0 Å². The van der Waals surface area contributed by atoms with Crippen LogP contribution in [0.1, 0.15) is 25.5 Å². The standard InChI is InChI=1S/C25H30ClN9O2/c1-13-22(27)25(12-37-13)6-8-35(9-7-25)24-16(11-36)29-21-19(32-33-23(21)31-24)14-4-5-15-20(18(14)26)30-17(10-28-15)34(2)3/h4-5,10,13,22,36H,6-9,11-12,27H2,1-3H3,(H,31,32,33)/t13-,22+/m0/s1. The zero-order chi connectivity index (χ0) is 25.9. The minimum atomic E-state index is -0.243. The summed E-state index contributed by atoms with van der Waals surface area (Å²) in [5.74, 6) is 1.35. The molecular formula is C25H30ClN9O2. The monoisotopic (exact) mass is 523 g/mol. The Morgan fingerprint density at radius 1 is 1.22 bits per heavy atom. The molecule has 2 aliphatic rings. The van der Waals surface area contributed by atoms with Gasteiger partial charge in [0.25, 0.3) is 0 Å². The predicted octanol–water partition coefficient (Wildman–Crippen LogP) is 2.51. The normalized spacial score (nSPS) is 21.4. The number of anilines is 2. The van der Waals surface area contributed by atoms with Crippen LogP contribution in [0.25, 0.3) is 33.5 Å². The predicted molar refractivity (Wildman–Crippen MR) is 143 cm³/mol. The minimum Gasteiger partial charge on any atom is -0.390 e. The molecule has 0 amide bonds. The van der Waals surface area contributed by atoms with Crippen molar-refractivity contribution < 1.29 is 9.84 Å². The van der Waals surface area contributed by atoms with E-state index < -0.39 is 0 Å². The lowest BCUT2D eigenvalue weighted by atomic mass is 9.73. The number of aromatic amines is 1. The molecule has 0 saturated carbocycles. The molecule has 2 saturated heterocycles. The SMILES string of the molecule is C[C@@H]1OCC2(CCN(c3nc4n[nH]c(-c5ccc6ncc(N(C)C)nc6c5Cl)c4nc3CO)CC2)[C@@H]1N. The van der Waals surface area contributed by atoms with E-state index in [1.807, 2.05) is 38.1 Å². The van der Waals surface area contributed by atoms with Gasteiger partial charge in [0.2, 0.25) is 5.65 Å². The first-order chi connectivity index (χ1) is 17.8. The number of H-pyrrole nitrogens is 1. The molecule has 11 nitrogen and oxygen atoms in total. The lowest BCUT2D eigenvalue weighted by Crippen LogP contribution is -2.51. The van der Waals surface area contributed by atoms with Gasteiger partial charge in [0.05, 0.1) is 41.7 Å². The zero-order valence-corrected chi connectivity index (χ0v) is 21.8. The average molecular weight is 524 g/mol. The van der Waals surface area contributed by atoms with Crippen LogP contribution in [0.2, 0.25) is 5.02 Å². The van der Waals surface area contributed by atoms with E-state index in [-0.39, 0.29) is 24.2 Å². The molecule has 4 aromatic rings. The molecule has 1 aromatic carbocycles. The molecule has 4 N–H and O–H groups in total. The molecular weight excluding hydrogens is 494 g/mol. The highest BCUT2D eigenvalue weighted by molar-refractivity contribution is 6.38. The molecule has 37 heavy (non-hydrogen) atoms. The van der Waals surface area contributed by atoms with Gasteiger partial charge in [-0.2, -0.15) is 5.10 Å². The molecule has 6 rings (SSSR count). The van der Waals surface area contributed by atoms with Crippen LogP contribution in [0.4, 0.5) is 11.6 Å². The summed E-state index contributed by atoms with van der Waals surface area (Å²) in [4.78, 5) is 22.8. The molecule has 2 fully saturated rings. The number of fused-ring (bicyclic) bond motifs is 2. The number of nitrogens with two attached hydrogens (primary N) is 1. The van der Waals surface area contributed by atoms with Gasteiger partial charge in [-0.1, -0.05) is 11.6 Å². The molecule has 0 unspecified atom stereocenters. The van der Waals surface area contributed by atoms with Gasteiger partial charge < -0.3 is 25.4 Å². The number of benzene rings is 1. The maximum atomic E-state index is 10.2. The molecule has 2 aliphatic heterocycles. The van der Waals surface area contributed by atoms with Gasteiger partial charge in [0.15, 0.2) is 5.82 Å². The summed E-state index contributed by atoms with van der Waals surface area (Å²) in [6.07, 6.45) is 3.58. The van der Waals surface area contributed by atoms with Crippen molar-refractivity contribution in [3.05, 3.63) is 29.0 Å². The van der Waals surface area contributed by atoms with Crippen molar-refractivity contribution in [1.82, 2.24) is 30.1 Å². The number of aliphatic hydroxyl groups excluding tert-OH is 1. The van der Waals surface area contributed by atoms with Gasteiger partial charge >= 0.3 is 0 Å². The highest BCUT2D eigenvalue weighted by atomic mass is 35.5. The fourth-order valence-electron chi connectivity index (χ4n) is 5.49. The first-order valence-electron chi connectivity index (χ1n) is 12.4. The Morgan fingerprint density at radius 3 is 2.68 bits per heavy atom. The molecule has 194 valence electrons. The van der Waals surface area contributed by atoms with Crippen molar-refractivity contribution in [3.63, 3.8) is 0 Å². The topological polar surface area (TPSA) is 142 Å². The van der Waals surface area contributed by atoms with Crippen LogP contribution in [-0.4, -0.2) is 81.2 Å². The zero-order valence-electron chi connectivity index (χ0n) is 21.1. The minimum absolute atomic E-state index is 0.00545. The molecule has 5 heterocycles. The second-order valence-electron chi connectivity index (χ2n) is 10.2. The number of hydrogen-bond acceptors (Lipinski definition) is 10. The Morgan fingerprint density at radius 2 is 2.00 bits per heavy atom. The van der Waals surface area contributed by atoms with Crippen molar-refractivity contribution >= 4 is 45.4 Å². The number of ether oxygens (including phenoxy) is 1. The summed E-state index contributed by atoms with van der Waals surface area (Å²) in [7, 11) is 3.80. The Bertz CT molecular complexity index is 1480. The van der Waals surface area contributed by atoms with Gasteiger partial charge in [-0.3, -0.25) is 10.1 Å². The van der Waals surface area contributed by atoms with E-state index in [1.165, 1.54) is 0 Å². The second kappa shape index (κ2) is 9.02. The van der Waals surface area contributed by atoms with Crippen LogP contribution in [-0.2, 0) is 11.3 Å². The van der Waals surface area contributed by atoms with E-state index in [9.17, 15) is 5.11 Å². The van der Waals surface area contributed by atoms with Gasteiger partial charge in [-0.25, -0.2) is 15.0 Å². The Hall–Kier alpha value is -3.12. The number of nitrogens with zero attached hydrogens (tertiary/aromatic N) is 7. The number of rotatable bonds is 4. The Labute approximate surface area is 219 Å². The van der Waals surface area contributed by atoms with Gasteiger partial charge in [-0.15, -0.1) is 0 Å². The van der Waals surface area contributed by atoms with Crippen LogP contribution < -0.4 is 15.5 Å². The highest BCUT2D eigenvalue weighted by Gasteiger charge is 2.47. The van der Waals surface area contributed by atoms with E-state index >= 15 is 0 Å². The molecule has 12 heteroatoms. The average Bonchev–Trinajstić information content (AvgIpc) is 3.44. The maximum Gasteiger partial charge on any atom is 0.202 e. The first kappa shape index (κ1) is 24.2. The van der Waals surface area contributed by atoms with Gasteiger partial charge in [0, 0.05) is 44.2 Å². The fraction of sp³-hybridized carbons (Fsp3) is 0.480. The Kier molecular flexibility index (Phi) is 5.90. The number of aromatic nitrogens is 6. The van der Waals surface area contributed by atoms with Crippen molar-refractivity contribution in [3.8, 4) is 11.3 Å². The lowest BCUT2D eigenvalue weighted by Gasteiger charge is -2.41. The highest BCUT2D eigenvalue weighted by Crippen LogP contribution is 2.42. The summed E-state index contributed by atoms with van der Waals surface area (Å²) >= 11 is 6.82. The lowest BCUT2D eigenvalue weighted by molar-refractivity contribution is 0.0973. The van der Waals surface area contributed by atoms with E-state index in [4.69, 9.17) is 32.0 Å². The molecule has 0 radical (unpaired) electrons. The molecule has 0 aliphatic carbocycles.